The fourth-order valence-electron chi connectivity index (χ4n) is 1.45. The third-order valence-corrected chi connectivity index (χ3v) is 2.12. The first-order valence-corrected chi connectivity index (χ1v) is 3.92. The standard InChI is InChI=1S/C7H14N2O3/c1-5-6(7(10)8-11)9(2)3-4-12-5/h5-6,11H,3-4H2,1-2H3,(H,8,10). The molecule has 1 heterocycles. The van der Waals surface area contributed by atoms with Gasteiger partial charge in [0.25, 0.3) is 5.91 Å². The molecule has 1 aliphatic rings. The molecule has 2 unspecified atom stereocenters. The molecule has 1 aliphatic heterocycles. The molecule has 1 saturated heterocycles. The molecular weight excluding hydrogens is 160 g/mol. The van der Waals surface area contributed by atoms with Gasteiger partial charge in [0, 0.05) is 6.54 Å². The molecule has 1 amide bonds. The second-order valence-corrected chi connectivity index (χ2v) is 2.98. The first kappa shape index (κ1) is 9.44. The summed E-state index contributed by atoms with van der Waals surface area (Å²) in [5.74, 6) is -0.412. The van der Waals surface area contributed by atoms with Crippen molar-refractivity contribution in [1.82, 2.24) is 10.4 Å². The van der Waals surface area contributed by atoms with Gasteiger partial charge in [-0.1, -0.05) is 0 Å². The predicted molar refractivity (Wildman–Crippen MR) is 41.8 cm³/mol. The lowest BCUT2D eigenvalue weighted by atomic mass is 10.1. The molecule has 70 valence electrons. The van der Waals surface area contributed by atoms with Crippen LogP contribution in [0.3, 0.4) is 0 Å². The first-order valence-electron chi connectivity index (χ1n) is 3.92. The lowest BCUT2D eigenvalue weighted by molar-refractivity contribution is -0.145. The van der Waals surface area contributed by atoms with E-state index >= 15 is 0 Å². The van der Waals surface area contributed by atoms with Crippen molar-refractivity contribution in [1.29, 1.82) is 0 Å². The highest BCUT2D eigenvalue weighted by Gasteiger charge is 2.32. The monoisotopic (exact) mass is 174 g/mol. The maximum absolute atomic E-state index is 11.1. The van der Waals surface area contributed by atoms with Crippen LogP contribution in [0.4, 0.5) is 0 Å². The van der Waals surface area contributed by atoms with Crippen LogP contribution in [0.25, 0.3) is 0 Å². The van der Waals surface area contributed by atoms with Crippen LogP contribution in [0.5, 0.6) is 0 Å². The van der Waals surface area contributed by atoms with Crippen LogP contribution in [0.15, 0.2) is 0 Å². The Kier molecular flexibility index (Phi) is 3.02. The molecule has 2 atom stereocenters. The van der Waals surface area contributed by atoms with E-state index in [1.54, 1.807) is 5.48 Å². The van der Waals surface area contributed by atoms with Gasteiger partial charge in [-0.05, 0) is 14.0 Å². The maximum atomic E-state index is 11.1. The summed E-state index contributed by atoms with van der Waals surface area (Å²) in [7, 11) is 1.83. The second-order valence-electron chi connectivity index (χ2n) is 2.98. The Labute approximate surface area is 71.3 Å². The first-order chi connectivity index (χ1) is 5.66. The fraction of sp³-hybridized carbons (Fsp3) is 0.857. The second kappa shape index (κ2) is 3.84. The van der Waals surface area contributed by atoms with E-state index in [-0.39, 0.29) is 12.1 Å². The van der Waals surface area contributed by atoms with Crippen molar-refractivity contribution < 1.29 is 14.7 Å². The van der Waals surface area contributed by atoms with E-state index in [0.717, 1.165) is 0 Å². The lowest BCUT2D eigenvalue weighted by Crippen LogP contribution is -2.55. The third-order valence-electron chi connectivity index (χ3n) is 2.12. The van der Waals surface area contributed by atoms with Crippen molar-refractivity contribution in [2.24, 2.45) is 0 Å². The molecular formula is C7H14N2O3. The number of rotatable bonds is 1. The van der Waals surface area contributed by atoms with Gasteiger partial charge >= 0.3 is 0 Å². The van der Waals surface area contributed by atoms with Gasteiger partial charge in [-0.3, -0.25) is 14.9 Å². The summed E-state index contributed by atoms with van der Waals surface area (Å²) < 4.78 is 5.27. The van der Waals surface area contributed by atoms with Crippen molar-refractivity contribution in [3.63, 3.8) is 0 Å². The quantitative estimate of drug-likeness (QED) is 0.404. The van der Waals surface area contributed by atoms with Gasteiger partial charge < -0.3 is 4.74 Å². The average molecular weight is 174 g/mol. The van der Waals surface area contributed by atoms with Crippen LogP contribution in [0.2, 0.25) is 0 Å². The average Bonchev–Trinajstić information content (AvgIpc) is 2.03. The summed E-state index contributed by atoms with van der Waals surface area (Å²) in [5, 5.41) is 8.44. The van der Waals surface area contributed by atoms with Crippen molar-refractivity contribution in [3.8, 4) is 0 Å². The molecule has 12 heavy (non-hydrogen) atoms. The smallest absolute Gasteiger partial charge is 0.263 e. The van der Waals surface area contributed by atoms with E-state index < -0.39 is 5.91 Å². The van der Waals surface area contributed by atoms with Crippen LogP contribution in [0.1, 0.15) is 6.92 Å². The number of carbonyl (C=O) groups is 1. The molecule has 0 aromatic rings. The number of likely N-dealkylation sites (N-methyl/N-ethyl adjacent to an activating group) is 1. The van der Waals surface area contributed by atoms with Crippen LogP contribution >= 0.6 is 0 Å². The number of hydrogen-bond acceptors (Lipinski definition) is 4. The Bertz CT molecular complexity index is 164. The zero-order chi connectivity index (χ0) is 9.14. The van der Waals surface area contributed by atoms with Gasteiger partial charge in [-0.15, -0.1) is 0 Å². The van der Waals surface area contributed by atoms with E-state index in [4.69, 9.17) is 9.94 Å². The summed E-state index contributed by atoms with van der Waals surface area (Å²) in [5.41, 5.74) is 1.63. The van der Waals surface area contributed by atoms with Crippen LogP contribution in [0, 0.1) is 0 Å². The maximum Gasteiger partial charge on any atom is 0.263 e. The summed E-state index contributed by atoms with van der Waals surface area (Å²) in [4.78, 5) is 13.0. The number of hydrogen-bond donors (Lipinski definition) is 2. The highest BCUT2D eigenvalue weighted by molar-refractivity contribution is 5.81. The molecule has 1 rings (SSSR count). The number of morpholine rings is 1. The number of ether oxygens (including phenoxy) is 1. The van der Waals surface area contributed by atoms with Gasteiger partial charge in [0.1, 0.15) is 6.04 Å². The van der Waals surface area contributed by atoms with E-state index in [2.05, 4.69) is 0 Å². The van der Waals surface area contributed by atoms with Crippen molar-refractivity contribution in [2.75, 3.05) is 20.2 Å². The van der Waals surface area contributed by atoms with Gasteiger partial charge in [-0.2, -0.15) is 0 Å². The molecule has 5 heteroatoms. The van der Waals surface area contributed by atoms with E-state index in [1.807, 2.05) is 18.9 Å². The zero-order valence-corrected chi connectivity index (χ0v) is 7.28. The number of amides is 1. The minimum absolute atomic E-state index is 0.170. The summed E-state index contributed by atoms with van der Waals surface area (Å²) >= 11 is 0. The molecule has 2 N–H and O–H groups in total. The number of nitrogens with one attached hydrogen (secondary N) is 1. The lowest BCUT2D eigenvalue weighted by Gasteiger charge is -2.35. The number of nitrogens with zero attached hydrogens (tertiary/aromatic N) is 1. The normalized spacial score (nSPS) is 31.6. The van der Waals surface area contributed by atoms with Gasteiger partial charge in [-0.25, -0.2) is 5.48 Å². The largest absolute Gasteiger partial charge is 0.375 e. The Morgan fingerprint density at radius 2 is 2.42 bits per heavy atom. The summed E-state index contributed by atoms with van der Waals surface area (Å²) in [6, 6.07) is -0.385. The molecule has 5 nitrogen and oxygen atoms in total. The molecule has 0 aliphatic carbocycles. The van der Waals surface area contributed by atoms with Crippen molar-refractivity contribution in [3.05, 3.63) is 0 Å². The molecule has 0 aromatic heterocycles. The highest BCUT2D eigenvalue weighted by Crippen LogP contribution is 2.11. The SMILES string of the molecule is CC1OCCN(C)C1C(=O)NO. The highest BCUT2D eigenvalue weighted by atomic mass is 16.5. The molecule has 1 fully saturated rings. The van der Waals surface area contributed by atoms with Crippen LogP contribution in [-0.2, 0) is 9.53 Å². The number of hydroxylamine groups is 1. The van der Waals surface area contributed by atoms with Gasteiger partial charge in [0.05, 0.1) is 12.7 Å². The Hall–Kier alpha value is -0.650. The van der Waals surface area contributed by atoms with E-state index in [1.165, 1.54) is 0 Å². The Morgan fingerprint density at radius 1 is 1.75 bits per heavy atom. The molecule has 0 bridgehead atoms. The summed E-state index contributed by atoms with van der Waals surface area (Å²) in [6.07, 6.45) is -0.170. The minimum atomic E-state index is -0.412. The minimum Gasteiger partial charge on any atom is -0.375 e. The van der Waals surface area contributed by atoms with Crippen molar-refractivity contribution >= 4 is 5.91 Å². The van der Waals surface area contributed by atoms with Gasteiger partial charge in [0.15, 0.2) is 0 Å². The third kappa shape index (κ3) is 1.74. The van der Waals surface area contributed by atoms with Crippen LogP contribution in [-0.4, -0.2) is 48.4 Å². The molecule has 0 saturated carbocycles. The molecule has 0 aromatic carbocycles. The number of carbonyl (C=O) groups excluding carboxylic acids is 1. The summed E-state index contributed by atoms with van der Waals surface area (Å²) in [6.45, 7) is 3.16. The molecule has 0 spiro atoms. The fourth-order valence-corrected chi connectivity index (χ4v) is 1.45. The predicted octanol–water partition coefficient (Wildman–Crippen LogP) is -0.789. The van der Waals surface area contributed by atoms with E-state index in [9.17, 15) is 4.79 Å². The zero-order valence-electron chi connectivity index (χ0n) is 7.28. The Morgan fingerprint density at radius 3 is 2.92 bits per heavy atom. The topological polar surface area (TPSA) is 61.8 Å². The van der Waals surface area contributed by atoms with E-state index in [0.29, 0.717) is 13.2 Å². The Balaban J connectivity index is 2.62. The van der Waals surface area contributed by atoms with Crippen molar-refractivity contribution in [2.45, 2.75) is 19.1 Å². The van der Waals surface area contributed by atoms with Gasteiger partial charge in [0.2, 0.25) is 0 Å². The molecule has 0 radical (unpaired) electrons. The van der Waals surface area contributed by atoms with Crippen LogP contribution < -0.4 is 5.48 Å².